The van der Waals surface area contributed by atoms with Crippen LogP contribution in [0.1, 0.15) is 43.5 Å². The lowest BCUT2D eigenvalue weighted by atomic mass is 9.88. The molecule has 0 aliphatic heterocycles. The van der Waals surface area contributed by atoms with Gasteiger partial charge in [0.2, 0.25) is 5.91 Å². The van der Waals surface area contributed by atoms with E-state index in [-0.39, 0.29) is 11.8 Å². The predicted octanol–water partition coefficient (Wildman–Crippen LogP) is 5.28. The molecule has 0 saturated heterocycles. The Labute approximate surface area is 171 Å². The second-order valence-corrected chi connectivity index (χ2v) is 7.62. The third-order valence-corrected chi connectivity index (χ3v) is 5.56. The monoisotopic (exact) mass is 389 g/mol. The zero-order valence-corrected chi connectivity index (χ0v) is 16.8. The van der Waals surface area contributed by atoms with E-state index in [4.69, 9.17) is 4.74 Å². The molecule has 29 heavy (non-hydrogen) atoms. The number of anilines is 1. The van der Waals surface area contributed by atoms with E-state index in [0.717, 1.165) is 48.4 Å². The molecule has 0 unspecified atom stereocenters. The molecule has 0 spiro atoms. The minimum absolute atomic E-state index is 0.112. The van der Waals surface area contributed by atoms with Crippen LogP contribution in [0.15, 0.2) is 60.9 Å². The molecule has 1 N–H and O–H groups in total. The highest BCUT2D eigenvalue weighted by molar-refractivity contribution is 5.94. The first kappa shape index (κ1) is 19.2. The molecule has 0 radical (unpaired) electrons. The molecule has 4 rings (SSSR count). The summed E-state index contributed by atoms with van der Waals surface area (Å²) in [6.07, 6.45) is 9.24. The molecule has 0 atom stereocenters. The molecule has 1 amide bonds. The summed E-state index contributed by atoms with van der Waals surface area (Å²) in [6.45, 7) is 2.43. The maximum Gasteiger partial charge on any atom is 0.227 e. The maximum atomic E-state index is 12.6. The molecule has 150 valence electrons. The quantitative estimate of drug-likeness (QED) is 0.624. The van der Waals surface area contributed by atoms with Crippen LogP contribution in [0.4, 0.5) is 5.69 Å². The van der Waals surface area contributed by atoms with E-state index in [1.165, 1.54) is 6.42 Å². The number of amides is 1. The number of rotatable bonds is 6. The van der Waals surface area contributed by atoms with Gasteiger partial charge in [0.1, 0.15) is 18.2 Å². The van der Waals surface area contributed by atoms with Crippen molar-refractivity contribution in [2.24, 2.45) is 5.92 Å². The van der Waals surface area contributed by atoms with Gasteiger partial charge in [-0.1, -0.05) is 43.5 Å². The number of ether oxygens (including phenoxy) is 1. The average molecular weight is 389 g/mol. The van der Waals surface area contributed by atoms with Gasteiger partial charge >= 0.3 is 0 Å². The normalized spacial score (nSPS) is 14.5. The molecule has 5 nitrogen and oxygen atoms in total. The van der Waals surface area contributed by atoms with Gasteiger partial charge in [-0.3, -0.25) is 4.79 Å². The molecule has 2 aromatic carbocycles. The highest BCUT2D eigenvalue weighted by Crippen LogP contribution is 2.29. The lowest BCUT2D eigenvalue weighted by Gasteiger charge is -2.21. The van der Waals surface area contributed by atoms with Gasteiger partial charge in [0.15, 0.2) is 0 Å². The second-order valence-electron chi connectivity index (χ2n) is 7.62. The van der Waals surface area contributed by atoms with Gasteiger partial charge in [0, 0.05) is 24.0 Å². The Morgan fingerprint density at radius 3 is 2.59 bits per heavy atom. The Morgan fingerprint density at radius 2 is 1.86 bits per heavy atom. The minimum Gasteiger partial charge on any atom is -0.487 e. The molecule has 1 saturated carbocycles. The lowest BCUT2D eigenvalue weighted by Crippen LogP contribution is -2.24. The smallest absolute Gasteiger partial charge is 0.227 e. The Morgan fingerprint density at radius 1 is 1.10 bits per heavy atom. The Bertz CT molecular complexity index is 956. The van der Waals surface area contributed by atoms with Gasteiger partial charge in [-0.05, 0) is 49.6 Å². The van der Waals surface area contributed by atoms with Crippen LogP contribution < -0.4 is 10.1 Å². The van der Waals surface area contributed by atoms with Crippen molar-refractivity contribution in [3.8, 4) is 11.4 Å². The van der Waals surface area contributed by atoms with Gasteiger partial charge < -0.3 is 14.6 Å². The van der Waals surface area contributed by atoms with Crippen molar-refractivity contribution in [3.63, 3.8) is 0 Å². The van der Waals surface area contributed by atoms with Crippen LogP contribution in [0.2, 0.25) is 0 Å². The summed E-state index contributed by atoms with van der Waals surface area (Å²) >= 11 is 0. The largest absolute Gasteiger partial charge is 0.487 e. The van der Waals surface area contributed by atoms with Gasteiger partial charge in [-0.25, -0.2) is 4.98 Å². The van der Waals surface area contributed by atoms with Crippen LogP contribution in [-0.2, 0) is 11.4 Å². The van der Waals surface area contributed by atoms with Gasteiger partial charge in [-0.15, -0.1) is 0 Å². The van der Waals surface area contributed by atoms with Gasteiger partial charge in [0.25, 0.3) is 0 Å². The van der Waals surface area contributed by atoms with E-state index in [0.29, 0.717) is 12.4 Å². The SMILES string of the molecule is Cc1nccn1-c1ccc(COc2ccccc2NC(=O)C2CCCCC2)cc1. The molecule has 1 aliphatic rings. The maximum absolute atomic E-state index is 12.6. The summed E-state index contributed by atoms with van der Waals surface area (Å²) < 4.78 is 8.07. The van der Waals surface area contributed by atoms with E-state index in [9.17, 15) is 4.79 Å². The summed E-state index contributed by atoms with van der Waals surface area (Å²) in [5, 5.41) is 3.08. The number of carbonyl (C=O) groups is 1. The fraction of sp³-hybridized carbons (Fsp3) is 0.333. The summed E-state index contributed by atoms with van der Waals surface area (Å²) in [6, 6.07) is 15.9. The number of carbonyl (C=O) groups excluding carboxylic acids is 1. The molecule has 1 aromatic heterocycles. The molecule has 1 heterocycles. The van der Waals surface area contributed by atoms with Gasteiger partial charge in [0.05, 0.1) is 5.69 Å². The van der Waals surface area contributed by atoms with Crippen molar-refractivity contribution < 1.29 is 9.53 Å². The third kappa shape index (κ3) is 4.67. The van der Waals surface area contributed by atoms with Crippen molar-refractivity contribution >= 4 is 11.6 Å². The van der Waals surface area contributed by atoms with Crippen LogP contribution in [0, 0.1) is 12.8 Å². The lowest BCUT2D eigenvalue weighted by molar-refractivity contribution is -0.120. The number of hydrogen-bond donors (Lipinski definition) is 1. The highest BCUT2D eigenvalue weighted by Gasteiger charge is 2.21. The van der Waals surface area contributed by atoms with Crippen LogP contribution >= 0.6 is 0 Å². The van der Waals surface area contributed by atoms with E-state index < -0.39 is 0 Å². The second kappa shape index (κ2) is 8.95. The first-order valence-corrected chi connectivity index (χ1v) is 10.3. The topological polar surface area (TPSA) is 56.1 Å². The molecular formula is C24H27N3O2. The summed E-state index contributed by atoms with van der Waals surface area (Å²) in [5.41, 5.74) is 2.89. The van der Waals surface area contributed by atoms with E-state index in [2.05, 4.69) is 34.6 Å². The van der Waals surface area contributed by atoms with Crippen molar-refractivity contribution in [2.45, 2.75) is 45.6 Å². The fourth-order valence-electron chi connectivity index (χ4n) is 3.86. The Balaban J connectivity index is 1.40. The van der Waals surface area contributed by atoms with Crippen molar-refractivity contribution in [3.05, 3.63) is 72.3 Å². The first-order chi connectivity index (χ1) is 14.2. The Kier molecular flexibility index (Phi) is 5.94. The summed E-state index contributed by atoms with van der Waals surface area (Å²) in [7, 11) is 0. The van der Waals surface area contributed by atoms with E-state index in [1.807, 2.05) is 42.0 Å². The zero-order valence-electron chi connectivity index (χ0n) is 16.8. The molecular weight excluding hydrogens is 362 g/mol. The minimum atomic E-state index is 0.112. The van der Waals surface area contributed by atoms with Crippen LogP contribution in [0.25, 0.3) is 5.69 Å². The number of nitrogens with zero attached hydrogens (tertiary/aromatic N) is 2. The molecule has 1 fully saturated rings. The summed E-state index contributed by atoms with van der Waals surface area (Å²) in [5.74, 6) is 1.89. The van der Waals surface area contributed by atoms with Crippen molar-refractivity contribution in [2.75, 3.05) is 5.32 Å². The number of para-hydroxylation sites is 2. The molecule has 0 bridgehead atoms. The van der Waals surface area contributed by atoms with Crippen molar-refractivity contribution in [1.82, 2.24) is 9.55 Å². The number of imidazole rings is 1. The van der Waals surface area contributed by atoms with Gasteiger partial charge in [-0.2, -0.15) is 0 Å². The highest BCUT2D eigenvalue weighted by atomic mass is 16.5. The fourth-order valence-corrected chi connectivity index (χ4v) is 3.86. The number of nitrogens with one attached hydrogen (secondary N) is 1. The molecule has 3 aromatic rings. The number of benzene rings is 2. The Hall–Kier alpha value is -3.08. The van der Waals surface area contributed by atoms with E-state index >= 15 is 0 Å². The zero-order chi connectivity index (χ0) is 20.1. The number of hydrogen-bond acceptors (Lipinski definition) is 3. The van der Waals surface area contributed by atoms with Crippen molar-refractivity contribution in [1.29, 1.82) is 0 Å². The number of aromatic nitrogens is 2. The third-order valence-electron chi connectivity index (χ3n) is 5.56. The molecule has 1 aliphatic carbocycles. The number of aryl methyl sites for hydroxylation is 1. The standard InChI is InChI=1S/C24H27N3O2/c1-18-25-15-16-27(18)21-13-11-19(12-14-21)17-29-23-10-6-5-9-22(23)26-24(28)20-7-3-2-4-8-20/h5-6,9-16,20H,2-4,7-8,17H2,1H3,(H,26,28). The molecule has 5 heteroatoms. The predicted molar refractivity (Wildman–Crippen MR) is 114 cm³/mol. The van der Waals surface area contributed by atoms with E-state index in [1.54, 1.807) is 6.20 Å². The summed E-state index contributed by atoms with van der Waals surface area (Å²) in [4.78, 5) is 16.9. The van der Waals surface area contributed by atoms with Crippen LogP contribution in [0.5, 0.6) is 5.75 Å². The van der Waals surface area contributed by atoms with Crippen LogP contribution in [-0.4, -0.2) is 15.5 Å². The van der Waals surface area contributed by atoms with Crippen LogP contribution in [0.3, 0.4) is 0 Å². The average Bonchev–Trinajstić information content (AvgIpc) is 3.20. The first-order valence-electron chi connectivity index (χ1n) is 10.3.